The van der Waals surface area contributed by atoms with Gasteiger partial charge in [-0.1, -0.05) is 11.8 Å². The van der Waals surface area contributed by atoms with Crippen molar-refractivity contribution >= 4 is 17.7 Å². The summed E-state index contributed by atoms with van der Waals surface area (Å²) in [6, 6.07) is 8.15. The minimum atomic E-state index is -0.225. The fourth-order valence-corrected chi connectivity index (χ4v) is 4.11. The molecular weight excluding hydrogens is 376 g/mol. The molecule has 1 aromatic heterocycles. The van der Waals surface area contributed by atoms with Crippen molar-refractivity contribution in [1.82, 2.24) is 20.1 Å². The molecule has 1 N–H and O–H groups in total. The fraction of sp³-hybridized carbons (Fsp3) is 0.550. The molecule has 1 aromatic carbocycles. The van der Waals surface area contributed by atoms with E-state index in [1.807, 2.05) is 31.2 Å². The Kier molecular flexibility index (Phi) is 5.87. The topological polar surface area (TPSA) is 78.3 Å². The van der Waals surface area contributed by atoms with Gasteiger partial charge in [0.2, 0.25) is 5.91 Å². The number of hydrogen-bond donors (Lipinski definition) is 1. The van der Waals surface area contributed by atoms with Crippen LogP contribution in [0, 0.1) is 0 Å². The van der Waals surface area contributed by atoms with E-state index >= 15 is 0 Å². The Hall–Kier alpha value is -2.06. The van der Waals surface area contributed by atoms with Crippen molar-refractivity contribution in [3.63, 3.8) is 0 Å². The average Bonchev–Trinajstić information content (AvgIpc) is 3.22. The van der Waals surface area contributed by atoms with Crippen LogP contribution in [0.5, 0.6) is 5.75 Å². The van der Waals surface area contributed by atoms with Gasteiger partial charge in [0, 0.05) is 18.2 Å². The van der Waals surface area contributed by atoms with E-state index in [4.69, 9.17) is 9.47 Å². The second-order valence-corrected chi connectivity index (χ2v) is 8.63. The summed E-state index contributed by atoms with van der Waals surface area (Å²) in [5.74, 6) is 1.65. The van der Waals surface area contributed by atoms with Gasteiger partial charge >= 0.3 is 0 Å². The van der Waals surface area contributed by atoms with Gasteiger partial charge in [-0.3, -0.25) is 9.36 Å². The minimum absolute atomic E-state index is 0.0603. The zero-order valence-corrected chi connectivity index (χ0v) is 17.1. The lowest BCUT2D eigenvalue weighted by atomic mass is 10.2. The highest BCUT2D eigenvalue weighted by atomic mass is 32.2. The van der Waals surface area contributed by atoms with E-state index in [0.717, 1.165) is 54.6 Å². The highest BCUT2D eigenvalue weighted by molar-refractivity contribution is 8.00. The molecular formula is C20H26N4O3S. The molecule has 0 radical (unpaired) electrons. The van der Waals surface area contributed by atoms with Gasteiger partial charge in [-0.15, -0.1) is 10.2 Å². The second kappa shape index (κ2) is 8.53. The van der Waals surface area contributed by atoms with Gasteiger partial charge in [0.25, 0.3) is 0 Å². The third-order valence-corrected chi connectivity index (χ3v) is 6.13. The van der Waals surface area contributed by atoms with Crippen molar-refractivity contribution in [3.8, 4) is 17.1 Å². The first-order valence-corrected chi connectivity index (χ1v) is 10.7. The van der Waals surface area contributed by atoms with Crippen molar-refractivity contribution in [1.29, 1.82) is 0 Å². The van der Waals surface area contributed by atoms with E-state index in [9.17, 15) is 4.79 Å². The molecule has 2 heterocycles. The average molecular weight is 403 g/mol. The van der Waals surface area contributed by atoms with Crippen LogP contribution in [0.3, 0.4) is 0 Å². The highest BCUT2D eigenvalue weighted by Crippen LogP contribution is 2.30. The summed E-state index contributed by atoms with van der Waals surface area (Å²) >= 11 is 1.45. The Balaban J connectivity index is 1.57. The van der Waals surface area contributed by atoms with E-state index in [0.29, 0.717) is 12.6 Å². The number of carbonyl (C=O) groups is 1. The van der Waals surface area contributed by atoms with E-state index in [1.54, 1.807) is 7.11 Å². The molecule has 4 rings (SSSR count). The van der Waals surface area contributed by atoms with Crippen LogP contribution in [0.25, 0.3) is 11.4 Å². The molecule has 1 aliphatic carbocycles. The second-order valence-electron chi connectivity index (χ2n) is 7.32. The predicted molar refractivity (Wildman–Crippen MR) is 107 cm³/mol. The zero-order chi connectivity index (χ0) is 19.5. The van der Waals surface area contributed by atoms with Crippen LogP contribution in [0.1, 0.15) is 32.6 Å². The largest absolute Gasteiger partial charge is 0.497 e. The molecule has 7 nitrogen and oxygen atoms in total. The molecule has 1 aliphatic heterocycles. The molecule has 0 bridgehead atoms. The summed E-state index contributed by atoms with van der Waals surface area (Å²) in [6.07, 6.45) is 4.43. The van der Waals surface area contributed by atoms with Crippen LogP contribution in [-0.4, -0.2) is 51.8 Å². The predicted octanol–water partition coefficient (Wildman–Crippen LogP) is 2.89. The van der Waals surface area contributed by atoms with Gasteiger partial charge in [0.05, 0.1) is 25.0 Å². The summed E-state index contributed by atoms with van der Waals surface area (Å²) in [5, 5.41) is 12.4. The minimum Gasteiger partial charge on any atom is -0.497 e. The van der Waals surface area contributed by atoms with Gasteiger partial charge in [0.1, 0.15) is 5.75 Å². The van der Waals surface area contributed by atoms with Gasteiger partial charge in [-0.05, 0) is 56.9 Å². The van der Waals surface area contributed by atoms with Crippen LogP contribution < -0.4 is 10.1 Å². The summed E-state index contributed by atoms with van der Waals surface area (Å²) in [6.45, 7) is 3.40. The number of ether oxygens (including phenoxy) is 2. The third-order valence-electron chi connectivity index (χ3n) is 5.05. The monoisotopic (exact) mass is 402 g/mol. The van der Waals surface area contributed by atoms with Crippen LogP contribution in [0.15, 0.2) is 29.4 Å². The number of rotatable bonds is 8. The third kappa shape index (κ3) is 4.50. The quantitative estimate of drug-likeness (QED) is 0.684. The van der Waals surface area contributed by atoms with Crippen molar-refractivity contribution in [2.24, 2.45) is 0 Å². The summed E-state index contributed by atoms with van der Waals surface area (Å²) in [7, 11) is 1.65. The number of methoxy groups -OCH3 is 1. The number of amides is 1. The standard InChI is InChI=1S/C20H26N4O3S/c1-13(19(25)21-15-7-8-15)28-20-23-22-18(14-5-9-16(26-2)10-6-14)24(20)12-17-4-3-11-27-17/h5-6,9-10,13,15,17H,3-4,7-8,11-12H2,1-2H3,(H,21,25)/t13-,17+/m0/s1. The Labute approximate surface area is 169 Å². The lowest BCUT2D eigenvalue weighted by Gasteiger charge is -2.16. The van der Waals surface area contributed by atoms with Crippen molar-refractivity contribution < 1.29 is 14.3 Å². The molecule has 1 saturated heterocycles. The number of benzene rings is 1. The molecule has 8 heteroatoms. The SMILES string of the molecule is COc1ccc(-c2nnc(S[C@@H](C)C(=O)NC3CC3)n2C[C@H]2CCCO2)cc1. The lowest BCUT2D eigenvalue weighted by molar-refractivity contribution is -0.120. The first-order chi connectivity index (χ1) is 13.6. The first kappa shape index (κ1) is 19.3. The van der Waals surface area contributed by atoms with E-state index in [2.05, 4.69) is 20.1 Å². The maximum absolute atomic E-state index is 12.4. The molecule has 2 fully saturated rings. The van der Waals surface area contributed by atoms with Crippen LogP contribution in [-0.2, 0) is 16.1 Å². The summed E-state index contributed by atoms with van der Waals surface area (Å²) in [5.41, 5.74) is 0.966. The normalized spacial score (nSPS) is 20.1. The van der Waals surface area contributed by atoms with Crippen LogP contribution in [0.2, 0.25) is 0 Å². The van der Waals surface area contributed by atoms with E-state index in [1.165, 1.54) is 11.8 Å². The Morgan fingerprint density at radius 3 is 2.75 bits per heavy atom. The Morgan fingerprint density at radius 1 is 1.32 bits per heavy atom. The van der Waals surface area contributed by atoms with Crippen LogP contribution >= 0.6 is 11.8 Å². The van der Waals surface area contributed by atoms with Crippen molar-refractivity contribution in [3.05, 3.63) is 24.3 Å². The van der Waals surface area contributed by atoms with Crippen molar-refractivity contribution in [2.75, 3.05) is 13.7 Å². The Bertz CT molecular complexity index is 813. The number of nitrogens with one attached hydrogen (secondary N) is 1. The molecule has 2 aliphatic rings. The van der Waals surface area contributed by atoms with Gasteiger partial charge in [-0.25, -0.2) is 0 Å². The highest BCUT2D eigenvalue weighted by Gasteiger charge is 2.28. The van der Waals surface area contributed by atoms with Crippen LogP contribution in [0.4, 0.5) is 0 Å². The number of nitrogens with zero attached hydrogens (tertiary/aromatic N) is 3. The smallest absolute Gasteiger partial charge is 0.233 e. The van der Waals surface area contributed by atoms with Gasteiger partial charge in [-0.2, -0.15) is 0 Å². The fourth-order valence-electron chi connectivity index (χ4n) is 3.24. The summed E-state index contributed by atoms with van der Waals surface area (Å²) < 4.78 is 13.2. The number of carbonyl (C=O) groups excluding carboxylic acids is 1. The first-order valence-electron chi connectivity index (χ1n) is 9.80. The van der Waals surface area contributed by atoms with E-state index < -0.39 is 0 Å². The molecule has 28 heavy (non-hydrogen) atoms. The van der Waals surface area contributed by atoms with E-state index in [-0.39, 0.29) is 17.3 Å². The molecule has 0 spiro atoms. The maximum atomic E-state index is 12.4. The van der Waals surface area contributed by atoms with Gasteiger partial charge < -0.3 is 14.8 Å². The molecule has 1 saturated carbocycles. The Morgan fingerprint density at radius 2 is 2.11 bits per heavy atom. The number of thioether (sulfide) groups is 1. The molecule has 2 aromatic rings. The molecule has 150 valence electrons. The summed E-state index contributed by atoms with van der Waals surface area (Å²) in [4.78, 5) is 12.4. The van der Waals surface area contributed by atoms with Crippen molar-refractivity contribution in [2.45, 2.75) is 61.7 Å². The van der Waals surface area contributed by atoms with Gasteiger partial charge in [0.15, 0.2) is 11.0 Å². The zero-order valence-electron chi connectivity index (χ0n) is 16.3. The molecule has 0 unspecified atom stereocenters. The number of hydrogen-bond acceptors (Lipinski definition) is 6. The number of aromatic nitrogens is 3. The lowest BCUT2D eigenvalue weighted by Crippen LogP contribution is -2.32. The molecule has 2 atom stereocenters. The maximum Gasteiger partial charge on any atom is 0.233 e. The molecule has 1 amide bonds.